The van der Waals surface area contributed by atoms with E-state index in [9.17, 15) is 17.6 Å². The minimum Gasteiger partial charge on any atom is -0.395 e. The number of hydrogen-bond acceptors (Lipinski definition) is 3. The molecule has 0 saturated carbocycles. The van der Waals surface area contributed by atoms with Gasteiger partial charge in [-0.2, -0.15) is 13.2 Å². The normalized spacial score (nSPS) is 21.8. The molecule has 31 heavy (non-hydrogen) atoms. The number of β-amino-alcohol motifs (C(OH)–C–C–N with tert-alkyl or cyclic N) is 1. The third-order valence-corrected chi connectivity index (χ3v) is 6.14. The van der Waals surface area contributed by atoms with Gasteiger partial charge in [-0.3, -0.25) is 9.80 Å². The maximum atomic E-state index is 13.4. The molecule has 1 aliphatic heterocycles. The number of alkyl halides is 3. The number of nitrogens with zero attached hydrogens (tertiary/aromatic N) is 2. The van der Waals surface area contributed by atoms with Crippen molar-refractivity contribution in [1.82, 2.24) is 9.80 Å². The van der Waals surface area contributed by atoms with Gasteiger partial charge in [-0.25, -0.2) is 4.39 Å². The molecule has 0 bridgehead atoms. The molecule has 2 aromatic carbocycles. The predicted molar refractivity (Wildman–Crippen MR) is 117 cm³/mol. The van der Waals surface area contributed by atoms with E-state index in [2.05, 4.69) is 9.80 Å². The molecule has 4 rings (SSSR count). The highest BCUT2D eigenvalue weighted by Gasteiger charge is 2.39. The zero-order valence-corrected chi connectivity index (χ0v) is 18.4. The summed E-state index contributed by atoms with van der Waals surface area (Å²) < 4.78 is 53.4. The van der Waals surface area contributed by atoms with Crippen LogP contribution in [0.4, 0.5) is 17.6 Å². The van der Waals surface area contributed by atoms with Crippen LogP contribution in [0, 0.1) is 5.82 Å². The van der Waals surface area contributed by atoms with Crippen LogP contribution in [0.5, 0.6) is 0 Å². The van der Waals surface area contributed by atoms with Crippen molar-refractivity contribution in [3.8, 4) is 0 Å². The Bertz CT molecular complexity index is 856. The first-order chi connectivity index (χ1) is 13.9. The van der Waals surface area contributed by atoms with Gasteiger partial charge >= 0.3 is 6.18 Å². The van der Waals surface area contributed by atoms with E-state index < -0.39 is 11.7 Å². The van der Waals surface area contributed by atoms with Gasteiger partial charge in [0.15, 0.2) is 0 Å². The van der Waals surface area contributed by atoms with Crippen LogP contribution in [0.2, 0.25) is 0 Å². The summed E-state index contributed by atoms with van der Waals surface area (Å²) in [6.45, 7) is 3.78. The lowest BCUT2D eigenvalue weighted by Crippen LogP contribution is -2.48. The molecule has 0 amide bonds. The zero-order valence-electron chi connectivity index (χ0n) is 16.8. The average Bonchev–Trinajstić information content (AvgIpc) is 3.08. The summed E-state index contributed by atoms with van der Waals surface area (Å²) in [6.07, 6.45) is -3.70. The largest absolute Gasteiger partial charge is 0.416 e. The van der Waals surface area contributed by atoms with Crippen molar-refractivity contribution in [2.24, 2.45) is 0 Å². The van der Waals surface area contributed by atoms with Crippen molar-refractivity contribution in [3.05, 3.63) is 70.5 Å². The minimum atomic E-state index is -4.38. The molecule has 1 fully saturated rings. The second-order valence-corrected chi connectivity index (χ2v) is 7.80. The number of fused-ring (bicyclic) bond motifs is 1. The number of halogens is 6. The number of piperazine rings is 1. The SMILES string of the molecule is Cl.Cl.OCCN1CCN([C@H]2C[C@H](c3ccc(F)cc3)c3ccc(C(F)(F)F)cc32)CC1. The highest BCUT2D eigenvalue weighted by atomic mass is 35.5. The van der Waals surface area contributed by atoms with Crippen molar-refractivity contribution in [2.45, 2.75) is 24.6 Å². The summed E-state index contributed by atoms with van der Waals surface area (Å²) in [7, 11) is 0. The van der Waals surface area contributed by atoms with E-state index in [0.717, 1.165) is 48.9 Å². The Morgan fingerprint density at radius 1 is 0.903 bits per heavy atom. The fourth-order valence-corrected chi connectivity index (χ4v) is 4.63. The molecule has 2 aromatic rings. The number of hydrogen-bond donors (Lipinski definition) is 1. The number of rotatable bonds is 4. The number of aliphatic hydroxyl groups is 1. The highest BCUT2D eigenvalue weighted by molar-refractivity contribution is 5.85. The first-order valence-corrected chi connectivity index (χ1v) is 9.90. The summed E-state index contributed by atoms with van der Waals surface area (Å²) in [5.41, 5.74) is 1.92. The monoisotopic (exact) mass is 480 g/mol. The molecule has 9 heteroatoms. The first-order valence-electron chi connectivity index (χ1n) is 9.90. The standard InChI is InChI=1S/C22H24F4N2O.2ClH/c23-17-4-1-15(2-5-17)19-14-21(28-9-7-27(8-10-28)11-12-29)20-13-16(22(24,25)26)3-6-18(19)20;;/h1-6,13,19,21,29H,7-12,14H2;2*1H/t19-,21+;;/m1../s1. The van der Waals surface area contributed by atoms with Crippen LogP contribution in [0.1, 0.15) is 40.6 Å². The Hall–Kier alpha value is -1.38. The fourth-order valence-electron chi connectivity index (χ4n) is 4.63. The van der Waals surface area contributed by atoms with E-state index in [1.165, 1.54) is 18.2 Å². The van der Waals surface area contributed by atoms with Crippen molar-refractivity contribution >= 4 is 24.8 Å². The Kier molecular flexibility index (Phi) is 8.76. The van der Waals surface area contributed by atoms with Gasteiger partial charge in [0.25, 0.3) is 0 Å². The molecule has 1 heterocycles. The summed E-state index contributed by atoms with van der Waals surface area (Å²) >= 11 is 0. The topological polar surface area (TPSA) is 26.7 Å². The minimum absolute atomic E-state index is 0. The third kappa shape index (κ3) is 5.52. The summed E-state index contributed by atoms with van der Waals surface area (Å²) in [5.74, 6) is -0.371. The highest BCUT2D eigenvalue weighted by Crippen LogP contribution is 2.48. The van der Waals surface area contributed by atoms with Gasteiger partial charge < -0.3 is 5.11 Å². The van der Waals surface area contributed by atoms with Gasteiger partial charge in [0.05, 0.1) is 12.2 Å². The predicted octanol–water partition coefficient (Wildman–Crippen LogP) is 4.87. The van der Waals surface area contributed by atoms with Gasteiger partial charge in [0.1, 0.15) is 5.82 Å². The molecule has 2 aliphatic rings. The Balaban J connectivity index is 0.00000171. The van der Waals surface area contributed by atoms with E-state index in [1.807, 2.05) is 0 Å². The Morgan fingerprint density at radius 2 is 1.55 bits per heavy atom. The van der Waals surface area contributed by atoms with Crippen LogP contribution in [-0.2, 0) is 6.18 Å². The van der Waals surface area contributed by atoms with Crippen LogP contribution >= 0.6 is 24.8 Å². The van der Waals surface area contributed by atoms with Crippen LogP contribution in [0.15, 0.2) is 42.5 Å². The van der Waals surface area contributed by atoms with E-state index in [0.29, 0.717) is 13.0 Å². The van der Waals surface area contributed by atoms with Crippen LogP contribution in [0.3, 0.4) is 0 Å². The first kappa shape index (κ1) is 25.9. The van der Waals surface area contributed by atoms with Gasteiger partial charge in [0, 0.05) is 44.7 Å². The van der Waals surface area contributed by atoms with Crippen molar-refractivity contribution in [2.75, 3.05) is 39.3 Å². The maximum absolute atomic E-state index is 13.4. The van der Waals surface area contributed by atoms with Gasteiger partial charge in [-0.05, 0) is 47.4 Å². The van der Waals surface area contributed by atoms with Crippen LogP contribution in [-0.4, -0.2) is 54.2 Å². The van der Waals surface area contributed by atoms with Crippen LogP contribution in [0.25, 0.3) is 0 Å². The van der Waals surface area contributed by atoms with Crippen molar-refractivity contribution < 1.29 is 22.7 Å². The lowest BCUT2D eigenvalue weighted by molar-refractivity contribution is -0.137. The molecule has 0 radical (unpaired) electrons. The summed E-state index contributed by atoms with van der Waals surface area (Å²) in [5, 5.41) is 9.12. The molecule has 1 aliphatic carbocycles. The van der Waals surface area contributed by atoms with Crippen molar-refractivity contribution in [1.29, 1.82) is 0 Å². The van der Waals surface area contributed by atoms with Gasteiger partial charge in [-0.15, -0.1) is 24.8 Å². The number of benzene rings is 2. The Labute approximate surface area is 191 Å². The maximum Gasteiger partial charge on any atom is 0.416 e. The van der Waals surface area contributed by atoms with E-state index in [1.54, 1.807) is 18.2 Å². The molecule has 0 spiro atoms. The lowest BCUT2D eigenvalue weighted by Gasteiger charge is -2.38. The van der Waals surface area contributed by atoms with Crippen LogP contribution < -0.4 is 0 Å². The summed E-state index contributed by atoms with van der Waals surface area (Å²) in [6, 6.07) is 10.2. The molecular weight excluding hydrogens is 455 g/mol. The number of aliphatic hydroxyl groups excluding tert-OH is 1. The molecule has 2 atom stereocenters. The molecule has 0 aromatic heterocycles. The lowest BCUT2D eigenvalue weighted by atomic mass is 9.92. The molecular formula is C22H26Cl2F4N2O. The molecule has 1 saturated heterocycles. The van der Waals surface area contributed by atoms with E-state index in [-0.39, 0.29) is 49.2 Å². The molecule has 0 unspecified atom stereocenters. The quantitative estimate of drug-likeness (QED) is 0.632. The molecule has 3 nitrogen and oxygen atoms in total. The Morgan fingerprint density at radius 3 is 2.13 bits per heavy atom. The van der Waals surface area contributed by atoms with Crippen molar-refractivity contribution in [3.63, 3.8) is 0 Å². The molecule has 172 valence electrons. The third-order valence-electron chi connectivity index (χ3n) is 6.14. The second-order valence-electron chi connectivity index (χ2n) is 7.80. The average molecular weight is 481 g/mol. The van der Waals surface area contributed by atoms with E-state index in [4.69, 9.17) is 5.11 Å². The molecule has 1 N–H and O–H groups in total. The second kappa shape index (κ2) is 10.5. The summed E-state index contributed by atoms with van der Waals surface area (Å²) in [4.78, 5) is 4.41. The smallest absolute Gasteiger partial charge is 0.395 e. The fraction of sp³-hybridized carbons (Fsp3) is 0.455. The van der Waals surface area contributed by atoms with Gasteiger partial charge in [0.2, 0.25) is 0 Å². The van der Waals surface area contributed by atoms with E-state index >= 15 is 0 Å². The zero-order chi connectivity index (χ0) is 20.6. The van der Waals surface area contributed by atoms with Gasteiger partial charge in [-0.1, -0.05) is 18.2 Å².